The summed E-state index contributed by atoms with van der Waals surface area (Å²) in [5.74, 6) is 1.22. The van der Waals surface area contributed by atoms with Crippen molar-refractivity contribution in [2.75, 3.05) is 5.32 Å². The molecule has 2 saturated carbocycles. The number of aromatic nitrogens is 3. The van der Waals surface area contributed by atoms with Gasteiger partial charge < -0.3 is 5.32 Å². The third kappa shape index (κ3) is 5.03. The zero-order valence-corrected chi connectivity index (χ0v) is 22.0. The normalized spacial score (nSPS) is 21.9. The zero-order chi connectivity index (χ0) is 24.5. The van der Waals surface area contributed by atoms with Gasteiger partial charge in [0.2, 0.25) is 5.95 Å². The Morgan fingerprint density at radius 1 is 1.11 bits per heavy atom. The quantitative estimate of drug-likeness (QED) is 0.398. The predicted octanol–water partition coefficient (Wildman–Crippen LogP) is 6.69. The predicted molar refractivity (Wildman–Crippen MR) is 143 cm³/mol. The molecular weight excluding hydrogens is 480 g/mol. The van der Waals surface area contributed by atoms with E-state index in [1.807, 2.05) is 25.1 Å². The van der Waals surface area contributed by atoms with Gasteiger partial charge in [-0.25, -0.2) is 4.98 Å². The molecule has 0 spiro atoms. The minimum atomic E-state index is -0.990. The Kier molecular flexibility index (Phi) is 7.26. The second-order valence-electron chi connectivity index (χ2n) is 10.0. The summed E-state index contributed by atoms with van der Waals surface area (Å²) in [7, 11) is -0.990. The lowest BCUT2D eigenvalue weighted by Crippen LogP contribution is -2.25. The number of fused-ring (bicyclic) bond motifs is 1. The van der Waals surface area contributed by atoms with Crippen LogP contribution in [0.25, 0.3) is 11.0 Å². The first-order valence-corrected chi connectivity index (χ1v) is 14.4. The lowest BCUT2D eigenvalue weighted by molar-refractivity contribution is 0.353. The molecule has 0 aliphatic heterocycles. The van der Waals surface area contributed by atoms with Crippen molar-refractivity contribution in [3.05, 3.63) is 51.4 Å². The molecule has 2 heterocycles. The third-order valence-corrected chi connectivity index (χ3v) is 9.84. The Morgan fingerprint density at radius 2 is 1.86 bits per heavy atom. The molecular formula is C27H33ClN4O2S. The molecule has 2 aliphatic rings. The Hall–Kier alpha value is -2.25. The van der Waals surface area contributed by atoms with Crippen LogP contribution in [0, 0.1) is 12.8 Å². The van der Waals surface area contributed by atoms with Crippen molar-refractivity contribution >= 4 is 45.1 Å². The van der Waals surface area contributed by atoms with Gasteiger partial charge in [-0.1, -0.05) is 37.8 Å². The van der Waals surface area contributed by atoms with Crippen molar-refractivity contribution in [1.82, 2.24) is 14.5 Å². The topological polar surface area (TPSA) is 76.9 Å². The Labute approximate surface area is 214 Å². The van der Waals surface area contributed by atoms with Crippen LogP contribution in [0.1, 0.15) is 76.3 Å². The molecule has 0 amide bonds. The second-order valence-corrected chi connectivity index (χ2v) is 12.2. The molecule has 1 unspecified atom stereocenters. The molecule has 1 N–H and O–H groups in total. The van der Waals surface area contributed by atoms with Gasteiger partial charge in [0.15, 0.2) is 0 Å². The first kappa shape index (κ1) is 24.4. The van der Waals surface area contributed by atoms with Crippen molar-refractivity contribution < 1.29 is 4.21 Å². The average Bonchev–Trinajstić information content (AvgIpc) is 3.40. The molecule has 1 atom stereocenters. The maximum atomic E-state index is 13.2. The minimum absolute atomic E-state index is 0.120. The smallest absolute Gasteiger partial charge is 0.271 e. The summed E-state index contributed by atoms with van der Waals surface area (Å²) in [4.78, 5) is 23.0. The lowest BCUT2D eigenvalue weighted by Gasteiger charge is -2.27. The van der Waals surface area contributed by atoms with E-state index in [2.05, 4.69) is 17.2 Å². The highest BCUT2D eigenvalue weighted by atomic mass is 35.5. The lowest BCUT2D eigenvalue weighted by atomic mass is 9.87. The zero-order valence-electron chi connectivity index (χ0n) is 20.4. The number of halogens is 1. The highest BCUT2D eigenvalue weighted by Gasteiger charge is 2.26. The van der Waals surface area contributed by atoms with Crippen LogP contribution >= 0.6 is 11.6 Å². The standard InChI is InChI=1S/C27H33ClN4O2S/c1-3-18-8-10-21(11-9-18)35(34)22-12-13-24(17(2)14-22)30-27-29-16-19-15-23(28)26(33)32(25(19)31-27)20-6-4-5-7-20/h12-16,18,20-21H,3-11H2,1-2H3,(H,29,30,31). The molecule has 2 fully saturated rings. The van der Waals surface area contributed by atoms with Crippen LogP contribution in [0.4, 0.5) is 11.6 Å². The molecule has 1 aromatic carbocycles. The van der Waals surface area contributed by atoms with Crippen molar-refractivity contribution in [3.63, 3.8) is 0 Å². The van der Waals surface area contributed by atoms with E-state index in [1.165, 1.54) is 19.3 Å². The van der Waals surface area contributed by atoms with Crippen molar-refractivity contribution in [1.29, 1.82) is 0 Å². The van der Waals surface area contributed by atoms with Gasteiger partial charge in [-0.2, -0.15) is 4.98 Å². The highest BCUT2D eigenvalue weighted by Crippen LogP contribution is 2.33. The summed E-state index contributed by atoms with van der Waals surface area (Å²) in [6, 6.07) is 7.69. The third-order valence-electron chi connectivity index (χ3n) is 7.77. The molecule has 2 aromatic heterocycles. The molecule has 0 bridgehead atoms. The molecule has 35 heavy (non-hydrogen) atoms. The van der Waals surface area contributed by atoms with Crippen molar-refractivity contribution in [3.8, 4) is 0 Å². The monoisotopic (exact) mass is 512 g/mol. The molecule has 8 heteroatoms. The van der Waals surface area contributed by atoms with Gasteiger partial charge in [0.1, 0.15) is 10.7 Å². The van der Waals surface area contributed by atoms with Gasteiger partial charge in [0, 0.05) is 33.5 Å². The number of benzene rings is 1. The van der Waals surface area contributed by atoms with E-state index in [9.17, 15) is 9.00 Å². The Morgan fingerprint density at radius 3 is 2.54 bits per heavy atom. The Balaban J connectivity index is 1.39. The molecule has 2 aliphatic carbocycles. The van der Waals surface area contributed by atoms with E-state index < -0.39 is 10.8 Å². The molecule has 3 aromatic rings. The van der Waals surface area contributed by atoms with E-state index in [4.69, 9.17) is 16.6 Å². The summed E-state index contributed by atoms with van der Waals surface area (Å²) < 4.78 is 15.0. The van der Waals surface area contributed by atoms with Crippen molar-refractivity contribution in [2.24, 2.45) is 5.92 Å². The van der Waals surface area contributed by atoms with Gasteiger partial charge in [0.25, 0.3) is 5.56 Å². The van der Waals surface area contributed by atoms with Crippen LogP contribution in [0.15, 0.2) is 40.2 Å². The number of aryl methyl sites for hydroxylation is 1. The molecule has 6 nitrogen and oxygen atoms in total. The molecule has 0 radical (unpaired) electrons. The van der Waals surface area contributed by atoms with E-state index in [0.717, 1.165) is 66.0 Å². The second kappa shape index (κ2) is 10.4. The van der Waals surface area contributed by atoms with E-state index in [-0.39, 0.29) is 21.9 Å². The van der Waals surface area contributed by atoms with Gasteiger partial charge in [0.05, 0.1) is 10.8 Å². The van der Waals surface area contributed by atoms with Gasteiger partial charge in [-0.15, -0.1) is 0 Å². The SMILES string of the molecule is CCC1CCC(S(=O)c2ccc(Nc3ncc4cc(Cl)c(=O)n(C5CCCC5)c4n3)c(C)c2)CC1. The number of rotatable bonds is 6. The summed E-state index contributed by atoms with van der Waals surface area (Å²) in [5, 5.41) is 4.52. The van der Waals surface area contributed by atoms with Crippen LogP contribution in [0.2, 0.25) is 5.02 Å². The maximum Gasteiger partial charge on any atom is 0.271 e. The summed E-state index contributed by atoms with van der Waals surface area (Å²) in [6.07, 6.45) is 11.5. The number of nitrogens with zero attached hydrogens (tertiary/aromatic N) is 3. The van der Waals surface area contributed by atoms with Gasteiger partial charge in [-0.05, 0) is 81.2 Å². The van der Waals surface area contributed by atoms with Gasteiger partial charge in [-0.3, -0.25) is 13.6 Å². The summed E-state index contributed by atoms with van der Waals surface area (Å²) in [5.41, 5.74) is 2.28. The van der Waals surface area contributed by atoms with Crippen LogP contribution in [-0.2, 0) is 10.8 Å². The van der Waals surface area contributed by atoms with Crippen molar-refractivity contribution in [2.45, 2.75) is 87.8 Å². The maximum absolute atomic E-state index is 13.2. The first-order valence-electron chi connectivity index (χ1n) is 12.8. The van der Waals surface area contributed by atoms with Crippen LogP contribution in [0.3, 0.4) is 0 Å². The largest absolute Gasteiger partial charge is 0.324 e. The van der Waals surface area contributed by atoms with E-state index >= 15 is 0 Å². The fourth-order valence-corrected chi connectivity index (χ4v) is 7.41. The number of hydrogen-bond acceptors (Lipinski definition) is 5. The first-order chi connectivity index (χ1) is 16.9. The summed E-state index contributed by atoms with van der Waals surface area (Å²) >= 11 is 6.24. The number of pyridine rings is 1. The van der Waals surface area contributed by atoms with Gasteiger partial charge >= 0.3 is 0 Å². The molecule has 5 rings (SSSR count). The Bertz CT molecular complexity index is 1310. The fourth-order valence-electron chi connectivity index (χ4n) is 5.62. The average molecular weight is 513 g/mol. The van der Waals surface area contributed by atoms with Crippen LogP contribution in [-0.4, -0.2) is 24.0 Å². The molecule has 186 valence electrons. The minimum Gasteiger partial charge on any atom is -0.324 e. The highest BCUT2D eigenvalue weighted by molar-refractivity contribution is 7.85. The van der Waals surface area contributed by atoms with E-state index in [1.54, 1.807) is 16.8 Å². The number of hydrogen-bond donors (Lipinski definition) is 1. The van der Waals surface area contributed by atoms with Crippen LogP contribution < -0.4 is 10.9 Å². The fraction of sp³-hybridized carbons (Fsp3) is 0.519. The number of anilines is 2. The number of nitrogens with one attached hydrogen (secondary N) is 1. The molecule has 0 saturated heterocycles. The summed E-state index contributed by atoms with van der Waals surface area (Å²) in [6.45, 7) is 4.26. The van der Waals surface area contributed by atoms with E-state index in [0.29, 0.717) is 11.6 Å². The van der Waals surface area contributed by atoms with Crippen LogP contribution in [0.5, 0.6) is 0 Å².